The van der Waals surface area contributed by atoms with Crippen LogP contribution in [-0.4, -0.2) is 10.0 Å². The summed E-state index contributed by atoms with van der Waals surface area (Å²) in [5.74, 6) is 0. The molecule has 0 aliphatic heterocycles. The zero-order valence-electron chi connectivity index (χ0n) is 9.57. The highest BCUT2D eigenvalue weighted by molar-refractivity contribution is 14.1. The first-order chi connectivity index (χ1) is 7.86. The third kappa shape index (κ3) is 3.74. The van der Waals surface area contributed by atoms with Crippen LogP contribution in [0.1, 0.15) is 37.7 Å². The number of rotatable bonds is 3. The van der Waals surface area contributed by atoms with E-state index < -0.39 is 0 Å². The molecule has 0 amide bonds. The van der Waals surface area contributed by atoms with Gasteiger partial charge >= 0.3 is 0 Å². The molecule has 0 bridgehead atoms. The Morgan fingerprint density at radius 3 is 2.62 bits per heavy atom. The maximum absolute atomic E-state index is 6.05. The van der Waals surface area contributed by atoms with Crippen LogP contribution in [0.2, 0.25) is 0 Å². The van der Waals surface area contributed by atoms with Crippen molar-refractivity contribution in [3.63, 3.8) is 0 Å². The zero-order valence-corrected chi connectivity index (χ0v) is 11.7. The molecule has 2 heteroatoms. The topological polar surface area (TPSA) is 9.23 Å². The highest BCUT2D eigenvalue weighted by Gasteiger charge is 2.21. The molecule has 1 nitrogen and oxygen atoms in total. The molecule has 1 aromatic carbocycles. The Morgan fingerprint density at radius 2 is 1.81 bits per heavy atom. The van der Waals surface area contributed by atoms with Crippen LogP contribution >= 0.6 is 22.6 Å². The minimum atomic E-state index is 0.461. The van der Waals surface area contributed by atoms with Gasteiger partial charge in [-0.15, -0.1) is 0 Å². The van der Waals surface area contributed by atoms with Crippen LogP contribution in [-0.2, 0) is 11.3 Å². The van der Waals surface area contributed by atoms with E-state index in [9.17, 15) is 0 Å². The molecule has 2 unspecified atom stereocenters. The van der Waals surface area contributed by atoms with E-state index in [0.717, 1.165) is 6.61 Å². The molecule has 88 valence electrons. The van der Waals surface area contributed by atoms with Crippen molar-refractivity contribution < 1.29 is 4.74 Å². The normalized spacial score (nSPS) is 26.3. The molecule has 0 radical (unpaired) electrons. The van der Waals surface area contributed by atoms with Crippen molar-refractivity contribution in [1.82, 2.24) is 0 Å². The summed E-state index contributed by atoms with van der Waals surface area (Å²) in [6, 6.07) is 10.5. The lowest BCUT2D eigenvalue weighted by molar-refractivity contribution is 0.0377. The minimum Gasteiger partial charge on any atom is -0.372 e. The first-order valence-electron chi connectivity index (χ1n) is 6.16. The van der Waals surface area contributed by atoms with Crippen molar-refractivity contribution in [2.24, 2.45) is 0 Å². The van der Waals surface area contributed by atoms with Crippen molar-refractivity contribution in [1.29, 1.82) is 0 Å². The highest BCUT2D eigenvalue weighted by atomic mass is 127. The molecule has 1 fully saturated rings. The minimum absolute atomic E-state index is 0.461. The Labute approximate surface area is 112 Å². The number of ether oxygens (including phenoxy) is 1. The molecular formula is C14H19IO. The van der Waals surface area contributed by atoms with Crippen molar-refractivity contribution in [2.45, 2.75) is 48.7 Å². The van der Waals surface area contributed by atoms with Crippen LogP contribution in [0.4, 0.5) is 0 Å². The second-order valence-electron chi connectivity index (χ2n) is 4.49. The Kier molecular flexibility index (Phi) is 5.10. The van der Waals surface area contributed by atoms with Crippen LogP contribution in [0.5, 0.6) is 0 Å². The fourth-order valence-electron chi connectivity index (χ4n) is 2.19. The Balaban J connectivity index is 1.84. The third-order valence-corrected chi connectivity index (χ3v) is 4.60. The molecule has 2 rings (SSSR count). The number of hydrogen-bond donors (Lipinski definition) is 0. The van der Waals surface area contributed by atoms with Crippen LogP contribution in [0.3, 0.4) is 0 Å². The van der Waals surface area contributed by atoms with E-state index in [1.54, 1.807) is 0 Å². The van der Waals surface area contributed by atoms with Crippen molar-refractivity contribution in [2.75, 3.05) is 0 Å². The van der Waals surface area contributed by atoms with Crippen molar-refractivity contribution in [3.05, 3.63) is 35.9 Å². The van der Waals surface area contributed by atoms with Crippen LogP contribution < -0.4 is 0 Å². The molecule has 0 heterocycles. The van der Waals surface area contributed by atoms with Gasteiger partial charge in [-0.1, -0.05) is 72.2 Å². The lowest BCUT2D eigenvalue weighted by Gasteiger charge is -2.20. The standard InChI is InChI=1S/C14H19IO/c15-13-9-5-2-6-10-14(13)16-11-12-7-3-1-4-8-12/h1,3-4,7-8,13-14H,2,5-6,9-11H2. The van der Waals surface area contributed by atoms with Crippen molar-refractivity contribution >= 4 is 22.6 Å². The van der Waals surface area contributed by atoms with Gasteiger partial charge in [-0.25, -0.2) is 0 Å². The zero-order chi connectivity index (χ0) is 11.2. The van der Waals surface area contributed by atoms with Gasteiger partial charge in [0.15, 0.2) is 0 Å². The summed E-state index contributed by atoms with van der Waals surface area (Å²) in [5.41, 5.74) is 1.29. The maximum atomic E-state index is 6.05. The molecule has 1 aliphatic rings. The van der Waals surface area contributed by atoms with E-state index >= 15 is 0 Å². The summed E-state index contributed by atoms with van der Waals surface area (Å²) in [6.45, 7) is 0.769. The van der Waals surface area contributed by atoms with E-state index in [-0.39, 0.29) is 0 Å². The Bertz CT molecular complexity index is 299. The van der Waals surface area contributed by atoms with Gasteiger partial charge in [0.25, 0.3) is 0 Å². The smallest absolute Gasteiger partial charge is 0.0721 e. The quantitative estimate of drug-likeness (QED) is 0.455. The highest BCUT2D eigenvalue weighted by Crippen LogP contribution is 2.26. The lowest BCUT2D eigenvalue weighted by atomic mass is 10.1. The molecule has 0 spiro atoms. The maximum Gasteiger partial charge on any atom is 0.0721 e. The summed E-state index contributed by atoms with van der Waals surface area (Å²) in [5, 5.41) is 0. The average molecular weight is 330 g/mol. The van der Waals surface area contributed by atoms with Gasteiger partial charge in [0.2, 0.25) is 0 Å². The van der Waals surface area contributed by atoms with Gasteiger partial charge in [-0.2, -0.15) is 0 Å². The van der Waals surface area contributed by atoms with Gasteiger partial charge in [-0.05, 0) is 18.4 Å². The van der Waals surface area contributed by atoms with Gasteiger partial charge in [-0.3, -0.25) is 0 Å². The second kappa shape index (κ2) is 6.60. The first kappa shape index (κ1) is 12.4. The first-order valence-corrected chi connectivity index (χ1v) is 7.40. The van der Waals surface area contributed by atoms with Gasteiger partial charge in [0.05, 0.1) is 12.7 Å². The molecule has 2 atom stereocenters. The van der Waals surface area contributed by atoms with E-state index in [4.69, 9.17) is 4.74 Å². The number of halogens is 1. The van der Waals surface area contributed by atoms with E-state index in [1.165, 1.54) is 37.7 Å². The average Bonchev–Trinajstić information content (AvgIpc) is 2.53. The van der Waals surface area contributed by atoms with Crippen LogP contribution in [0.25, 0.3) is 0 Å². The molecule has 1 saturated carbocycles. The Hall–Kier alpha value is -0.0900. The van der Waals surface area contributed by atoms with E-state index in [2.05, 4.69) is 52.9 Å². The van der Waals surface area contributed by atoms with Crippen molar-refractivity contribution in [3.8, 4) is 0 Å². The lowest BCUT2D eigenvalue weighted by Crippen LogP contribution is -2.22. The van der Waals surface area contributed by atoms with Gasteiger partial charge in [0.1, 0.15) is 0 Å². The fourth-order valence-corrected chi connectivity index (χ4v) is 3.20. The molecule has 16 heavy (non-hydrogen) atoms. The molecular weight excluding hydrogens is 311 g/mol. The van der Waals surface area contributed by atoms with Crippen LogP contribution in [0.15, 0.2) is 30.3 Å². The van der Waals surface area contributed by atoms with Crippen LogP contribution in [0, 0.1) is 0 Å². The predicted molar refractivity (Wildman–Crippen MR) is 75.9 cm³/mol. The third-order valence-electron chi connectivity index (χ3n) is 3.18. The number of alkyl halides is 1. The van der Waals surface area contributed by atoms with Gasteiger partial charge < -0.3 is 4.74 Å². The molecule has 0 aromatic heterocycles. The molecule has 1 aliphatic carbocycles. The molecule has 0 N–H and O–H groups in total. The second-order valence-corrected chi connectivity index (χ2v) is 6.09. The Morgan fingerprint density at radius 1 is 1.06 bits per heavy atom. The summed E-state index contributed by atoms with van der Waals surface area (Å²) in [6.07, 6.45) is 7.10. The van der Waals surface area contributed by atoms with E-state index in [0.29, 0.717) is 10.0 Å². The summed E-state index contributed by atoms with van der Waals surface area (Å²) >= 11 is 2.56. The van der Waals surface area contributed by atoms with Gasteiger partial charge in [0, 0.05) is 3.92 Å². The summed E-state index contributed by atoms with van der Waals surface area (Å²) in [7, 11) is 0. The molecule has 0 saturated heterocycles. The fraction of sp³-hybridized carbons (Fsp3) is 0.571. The predicted octanol–water partition coefficient (Wildman–Crippen LogP) is 4.34. The number of hydrogen-bond acceptors (Lipinski definition) is 1. The number of benzene rings is 1. The summed E-state index contributed by atoms with van der Waals surface area (Å²) < 4.78 is 6.75. The monoisotopic (exact) mass is 330 g/mol. The molecule has 1 aromatic rings. The largest absolute Gasteiger partial charge is 0.372 e. The summed E-state index contributed by atoms with van der Waals surface area (Å²) in [4.78, 5) is 0. The SMILES string of the molecule is IC1CCCCCC1OCc1ccccc1. The van der Waals surface area contributed by atoms with E-state index in [1.807, 2.05) is 0 Å².